The van der Waals surface area contributed by atoms with Crippen LogP contribution in [0.3, 0.4) is 0 Å². The van der Waals surface area contributed by atoms with Crippen molar-refractivity contribution in [3.05, 3.63) is 12.7 Å². The number of hydrogen-bond acceptors (Lipinski definition) is 10. The maximum Gasteiger partial charge on any atom is 0.323 e. The molecule has 0 aliphatic carbocycles. The summed E-state index contributed by atoms with van der Waals surface area (Å²) in [5, 5.41) is 20.6. The molecule has 0 radical (unpaired) electrons. The zero-order valence-electron chi connectivity index (χ0n) is 14.4. The molecule has 0 spiro atoms. The van der Waals surface area contributed by atoms with Crippen molar-refractivity contribution in [1.82, 2.24) is 19.5 Å². The first-order valence-electron chi connectivity index (χ1n) is 8.18. The maximum atomic E-state index is 11.9. The Kier molecular flexibility index (Phi) is 5.05. The van der Waals surface area contributed by atoms with E-state index in [0.717, 1.165) is 0 Å². The van der Waals surface area contributed by atoms with E-state index in [0.29, 0.717) is 11.2 Å². The van der Waals surface area contributed by atoms with E-state index in [9.17, 15) is 15.0 Å². The van der Waals surface area contributed by atoms with Gasteiger partial charge in [0.25, 0.3) is 0 Å². The number of nitrogens with two attached hydrogens (primary N) is 2. The first-order chi connectivity index (χ1) is 12.3. The van der Waals surface area contributed by atoms with Crippen molar-refractivity contribution in [2.75, 3.05) is 12.3 Å². The summed E-state index contributed by atoms with van der Waals surface area (Å²) < 4.78 is 12.2. The van der Waals surface area contributed by atoms with Gasteiger partial charge in [-0.1, -0.05) is 13.8 Å². The molecule has 2 aromatic heterocycles. The zero-order valence-corrected chi connectivity index (χ0v) is 14.4. The second-order valence-electron chi connectivity index (χ2n) is 6.53. The molecule has 3 rings (SSSR count). The molecule has 1 aliphatic rings. The number of ether oxygens (including phenoxy) is 2. The number of anilines is 1. The Morgan fingerprint density at radius 2 is 2.08 bits per heavy atom. The van der Waals surface area contributed by atoms with Crippen molar-refractivity contribution in [3.63, 3.8) is 0 Å². The predicted octanol–water partition coefficient (Wildman–Crippen LogP) is -1.45. The van der Waals surface area contributed by atoms with Gasteiger partial charge in [-0.2, -0.15) is 0 Å². The van der Waals surface area contributed by atoms with Gasteiger partial charge in [0, 0.05) is 0 Å². The standard InChI is InChI=1S/C15H22N6O5/c1-6(2)8(16)15(24)25-3-7-10(22)11(23)14(26-7)21-5-20-9-12(17)18-4-19-13(9)21/h4-8,10-11,14,22-23H,3,16H2,1-2H3,(H2,17,18,19)/t7-,8?,10-,11-,14-/m1/s1. The van der Waals surface area contributed by atoms with E-state index in [1.54, 1.807) is 13.8 Å². The van der Waals surface area contributed by atoms with Gasteiger partial charge in [0.1, 0.15) is 42.8 Å². The van der Waals surface area contributed by atoms with Crippen LogP contribution in [0.1, 0.15) is 20.1 Å². The van der Waals surface area contributed by atoms with Gasteiger partial charge >= 0.3 is 5.97 Å². The molecular weight excluding hydrogens is 344 g/mol. The van der Waals surface area contributed by atoms with Crippen LogP contribution in [0.5, 0.6) is 0 Å². The number of aromatic nitrogens is 4. The first kappa shape index (κ1) is 18.5. The number of aliphatic hydroxyl groups is 2. The molecule has 142 valence electrons. The SMILES string of the molecule is CC(C)C(N)C(=O)OC[C@H]1O[C@@H](n2cnc3c(N)ncnc32)[C@H](O)[C@@H]1O. The van der Waals surface area contributed by atoms with Gasteiger partial charge in [0.05, 0.1) is 6.33 Å². The van der Waals surface area contributed by atoms with E-state index in [1.165, 1.54) is 17.2 Å². The Hall–Kier alpha value is -2.34. The Balaban J connectivity index is 1.73. The normalized spacial score (nSPS) is 27.2. The minimum absolute atomic E-state index is 0.0854. The number of carbonyl (C=O) groups is 1. The fraction of sp³-hybridized carbons (Fsp3) is 0.600. The highest BCUT2D eigenvalue weighted by atomic mass is 16.6. The number of imidazole rings is 1. The number of rotatable bonds is 5. The lowest BCUT2D eigenvalue weighted by Crippen LogP contribution is -2.40. The van der Waals surface area contributed by atoms with Crippen molar-refractivity contribution in [2.45, 2.75) is 44.4 Å². The lowest BCUT2D eigenvalue weighted by Gasteiger charge is -2.18. The number of hydrogen-bond donors (Lipinski definition) is 4. The lowest BCUT2D eigenvalue weighted by molar-refractivity contribution is -0.152. The molecule has 1 saturated heterocycles. The molecule has 1 fully saturated rings. The molecule has 1 aliphatic heterocycles. The molecule has 0 amide bonds. The van der Waals surface area contributed by atoms with Gasteiger partial charge in [0.15, 0.2) is 17.7 Å². The van der Waals surface area contributed by atoms with Crippen molar-refractivity contribution in [2.24, 2.45) is 11.7 Å². The number of carbonyl (C=O) groups excluding carboxylic acids is 1. The van der Waals surface area contributed by atoms with E-state index >= 15 is 0 Å². The fourth-order valence-electron chi connectivity index (χ4n) is 2.69. The smallest absolute Gasteiger partial charge is 0.323 e. The average Bonchev–Trinajstić information content (AvgIpc) is 3.15. The van der Waals surface area contributed by atoms with Crippen LogP contribution in [-0.2, 0) is 14.3 Å². The highest BCUT2D eigenvalue weighted by Gasteiger charge is 2.45. The Morgan fingerprint density at radius 1 is 1.35 bits per heavy atom. The fourth-order valence-corrected chi connectivity index (χ4v) is 2.69. The van der Waals surface area contributed by atoms with Crippen molar-refractivity contribution < 1.29 is 24.5 Å². The summed E-state index contributed by atoms with van der Waals surface area (Å²) in [6.07, 6.45) is -1.77. The summed E-state index contributed by atoms with van der Waals surface area (Å²) >= 11 is 0. The van der Waals surface area contributed by atoms with Crippen LogP contribution in [-0.4, -0.2) is 66.7 Å². The van der Waals surface area contributed by atoms with Crippen molar-refractivity contribution in [1.29, 1.82) is 0 Å². The van der Waals surface area contributed by atoms with E-state index < -0.39 is 36.6 Å². The quantitative estimate of drug-likeness (QED) is 0.459. The van der Waals surface area contributed by atoms with Gasteiger partial charge in [-0.05, 0) is 5.92 Å². The minimum Gasteiger partial charge on any atom is -0.462 e. The summed E-state index contributed by atoms with van der Waals surface area (Å²) in [7, 11) is 0. The molecule has 1 unspecified atom stereocenters. The molecule has 26 heavy (non-hydrogen) atoms. The second kappa shape index (κ2) is 7.11. The molecule has 6 N–H and O–H groups in total. The Bertz CT molecular complexity index is 796. The Morgan fingerprint density at radius 3 is 2.77 bits per heavy atom. The van der Waals surface area contributed by atoms with E-state index in [1.807, 2.05) is 0 Å². The van der Waals surface area contributed by atoms with Gasteiger partial charge in [-0.15, -0.1) is 0 Å². The van der Waals surface area contributed by atoms with E-state index in [-0.39, 0.29) is 18.3 Å². The number of fused-ring (bicyclic) bond motifs is 1. The van der Waals surface area contributed by atoms with Crippen LogP contribution < -0.4 is 11.5 Å². The number of aliphatic hydroxyl groups excluding tert-OH is 2. The van der Waals surface area contributed by atoms with Crippen LogP contribution in [0.2, 0.25) is 0 Å². The van der Waals surface area contributed by atoms with Crippen LogP contribution >= 0.6 is 0 Å². The lowest BCUT2D eigenvalue weighted by atomic mass is 10.1. The topological polar surface area (TPSA) is 172 Å². The van der Waals surface area contributed by atoms with Crippen LogP contribution in [0, 0.1) is 5.92 Å². The van der Waals surface area contributed by atoms with E-state index in [2.05, 4.69) is 15.0 Å². The minimum atomic E-state index is -1.27. The monoisotopic (exact) mass is 366 g/mol. The molecule has 0 saturated carbocycles. The van der Waals surface area contributed by atoms with E-state index in [4.69, 9.17) is 20.9 Å². The number of esters is 1. The molecule has 3 heterocycles. The number of nitrogens with zero attached hydrogens (tertiary/aromatic N) is 4. The molecule has 2 aromatic rings. The number of nitrogen functional groups attached to an aromatic ring is 1. The average molecular weight is 366 g/mol. The highest BCUT2D eigenvalue weighted by molar-refractivity contribution is 5.81. The van der Waals surface area contributed by atoms with Crippen LogP contribution in [0.4, 0.5) is 5.82 Å². The third-order valence-electron chi connectivity index (χ3n) is 4.38. The van der Waals surface area contributed by atoms with Crippen LogP contribution in [0.15, 0.2) is 12.7 Å². The molecule has 0 aromatic carbocycles. The largest absolute Gasteiger partial charge is 0.462 e. The first-order valence-corrected chi connectivity index (χ1v) is 8.18. The van der Waals surface area contributed by atoms with Gasteiger partial charge in [-0.25, -0.2) is 15.0 Å². The van der Waals surface area contributed by atoms with Gasteiger partial charge < -0.3 is 31.2 Å². The molecular formula is C15H22N6O5. The van der Waals surface area contributed by atoms with Crippen molar-refractivity contribution in [3.8, 4) is 0 Å². The zero-order chi connectivity index (χ0) is 19.0. The maximum absolute atomic E-state index is 11.9. The van der Waals surface area contributed by atoms with Gasteiger partial charge in [0.2, 0.25) is 0 Å². The third kappa shape index (κ3) is 3.21. The summed E-state index contributed by atoms with van der Waals surface area (Å²) in [6, 6.07) is -0.772. The summed E-state index contributed by atoms with van der Waals surface area (Å²) in [6.45, 7) is 3.35. The molecule has 11 nitrogen and oxygen atoms in total. The summed E-state index contributed by atoms with van der Waals surface area (Å²) in [5.41, 5.74) is 12.2. The van der Waals surface area contributed by atoms with Gasteiger partial charge in [-0.3, -0.25) is 9.36 Å². The van der Waals surface area contributed by atoms with Crippen LogP contribution in [0.25, 0.3) is 11.2 Å². The summed E-state index contributed by atoms with van der Waals surface area (Å²) in [5.74, 6) is -0.491. The Labute approximate surface area is 148 Å². The highest BCUT2D eigenvalue weighted by Crippen LogP contribution is 2.32. The molecule has 11 heteroatoms. The van der Waals surface area contributed by atoms with Crippen molar-refractivity contribution >= 4 is 23.0 Å². The summed E-state index contributed by atoms with van der Waals surface area (Å²) in [4.78, 5) is 23.9. The molecule has 0 bridgehead atoms. The predicted molar refractivity (Wildman–Crippen MR) is 89.4 cm³/mol. The second-order valence-corrected chi connectivity index (χ2v) is 6.53. The third-order valence-corrected chi connectivity index (χ3v) is 4.38. The molecule has 5 atom stereocenters.